The molecule has 19 heteroatoms. The lowest BCUT2D eigenvalue weighted by Crippen LogP contribution is -2.67. The van der Waals surface area contributed by atoms with Crippen LogP contribution in [0.2, 0.25) is 0 Å². The first-order valence-corrected chi connectivity index (χ1v) is 13.3. The van der Waals surface area contributed by atoms with E-state index in [1.807, 2.05) is 0 Å². The number of carbonyl (C=O) groups is 2. The molecule has 1 aromatic rings. The van der Waals surface area contributed by atoms with Crippen molar-refractivity contribution in [1.29, 1.82) is 0 Å². The van der Waals surface area contributed by atoms with Gasteiger partial charge in [-0.25, -0.2) is 9.59 Å². The number of nitrogens with two attached hydrogens (primary N) is 1. The zero-order chi connectivity index (χ0) is 28.7. The maximum atomic E-state index is 13.7. The van der Waals surface area contributed by atoms with E-state index in [4.69, 9.17) is 24.5 Å². The summed E-state index contributed by atoms with van der Waals surface area (Å²) in [6.07, 6.45) is -9.44. The Morgan fingerprint density at radius 3 is 2.67 bits per heavy atom. The van der Waals surface area contributed by atoms with Crippen molar-refractivity contribution < 1.29 is 63.5 Å². The molecule has 1 amide bonds. The van der Waals surface area contributed by atoms with E-state index >= 15 is 0 Å². The smallest absolute Gasteiger partial charge is 0.367 e. The lowest BCUT2D eigenvalue weighted by Gasteiger charge is -2.42. The summed E-state index contributed by atoms with van der Waals surface area (Å²) in [6, 6.07) is -0.343. The maximum absolute atomic E-state index is 13.7. The van der Waals surface area contributed by atoms with Crippen LogP contribution in [0.25, 0.3) is 0 Å². The molecule has 0 saturated carbocycles. The van der Waals surface area contributed by atoms with Gasteiger partial charge in [0.1, 0.15) is 36.8 Å². The van der Waals surface area contributed by atoms with Crippen LogP contribution >= 0.6 is 7.37 Å². The number of fused-ring (bicyclic) bond motifs is 1. The molecule has 9 N–H and O–H groups in total. The summed E-state index contributed by atoms with van der Waals surface area (Å²) < 4.78 is 36.3. The van der Waals surface area contributed by atoms with Crippen molar-refractivity contribution in [3.05, 3.63) is 22.7 Å². The van der Waals surface area contributed by atoms with Crippen molar-refractivity contribution >= 4 is 25.1 Å². The SMILES string of the molecule is CC(=O)N[C@@H]1[C@@H](O)C[C@@]2(C(=O)OC[C@H]3O[C@@H](n4ccc(N)nc4=O)[C@H](O)[C@@H]3O)O[C@@]13[C@](O)([C@H](O)CO)P3(=O)O2. The van der Waals surface area contributed by atoms with Gasteiger partial charge < -0.3 is 55.9 Å². The number of nitrogen functional groups attached to an aromatic ring is 1. The summed E-state index contributed by atoms with van der Waals surface area (Å²) >= 11 is 0. The Kier molecular flexibility index (Phi) is 6.47. The number of nitrogens with one attached hydrogen (secondary N) is 1. The van der Waals surface area contributed by atoms with Gasteiger partial charge in [0.15, 0.2) is 6.23 Å². The summed E-state index contributed by atoms with van der Waals surface area (Å²) in [5.41, 5.74) is 4.56. The van der Waals surface area contributed by atoms with Crippen molar-refractivity contribution in [2.24, 2.45) is 0 Å². The number of anilines is 1. The largest absolute Gasteiger partial charge is 0.459 e. The minimum absolute atomic E-state index is 0.0887. The first-order chi connectivity index (χ1) is 18.2. The highest BCUT2D eigenvalue weighted by Crippen LogP contribution is 2.97. The Morgan fingerprint density at radius 1 is 1.36 bits per heavy atom. The van der Waals surface area contributed by atoms with E-state index in [0.717, 1.165) is 11.5 Å². The number of rotatable bonds is 7. The predicted molar refractivity (Wildman–Crippen MR) is 121 cm³/mol. The number of ether oxygens (including phenoxy) is 3. The molecule has 4 aliphatic rings. The van der Waals surface area contributed by atoms with E-state index in [9.17, 15) is 49.6 Å². The molecule has 5 rings (SSSR count). The third kappa shape index (κ3) is 3.58. The van der Waals surface area contributed by atoms with Gasteiger partial charge >= 0.3 is 11.7 Å². The molecule has 2 bridgehead atoms. The van der Waals surface area contributed by atoms with Crippen LogP contribution in [0.5, 0.6) is 0 Å². The molecular formula is C20H27N4O14P. The summed E-state index contributed by atoms with van der Waals surface area (Å²) in [7, 11) is -4.62. The highest BCUT2D eigenvalue weighted by Gasteiger charge is 3.02. The van der Waals surface area contributed by atoms with E-state index in [0.29, 0.717) is 0 Å². The second kappa shape index (κ2) is 9.00. The standard InChI is InChI=1S/C20H27N4O14P/c1-7(26)22-14-8(27)4-18(37-20(14)19(33,10(28)5-25)39(20,34)38-18)16(31)35-6-9-12(29)13(30)15(36-9)24-3-2-11(21)23-17(24)32/h2-3,8-10,12-15,25,27-30,33H,4-6H2,1H3,(H,22,26)(H2,21,23,32)/t8-,9+,10+,12+,13+,14+,15+,18+,19-,20-,39?/m0/s1. The fraction of sp³-hybridized carbons (Fsp3) is 0.700. The molecule has 4 fully saturated rings. The summed E-state index contributed by atoms with van der Waals surface area (Å²) in [6.45, 7) is -0.777. The molecule has 0 aliphatic carbocycles. The molecule has 0 radical (unpaired) electrons. The fourth-order valence-corrected chi connectivity index (χ4v) is 9.23. The Morgan fingerprint density at radius 2 is 2.05 bits per heavy atom. The van der Waals surface area contributed by atoms with Gasteiger partial charge in [0.2, 0.25) is 16.6 Å². The third-order valence-electron chi connectivity index (χ3n) is 7.39. The van der Waals surface area contributed by atoms with Crippen molar-refractivity contribution in [2.45, 2.75) is 72.6 Å². The first-order valence-electron chi connectivity index (χ1n) is 11.7. The number of hydrogen-bond acceptors (Lipinski definition) is 16. The quantitative estimate of drug-likeness (QED) is 0.111. The van der Waals surface area contributed by atoms with Crippen molar-refractivity contribution in [1.82, 2.24) is 14.9 Å². The molecule has 39 heavy (non-hydrogen) atoms. The zero-order valence-electron chi connectivity index (χ0n) is 20.2. The van der Waals surface area contributed by atoms with E-state index in [1.165, 1.54) is 12.3 Å². The van der Waals surface area contributed by atoms with Crippen LogP contribution in [0.4, 0.5) is 5.82 Å². The van der Waals surface area contributed by atoms with Gasteiger partial charge in [-0.15, -0.1) is 0 Å². The molecule has 4 aliphatic heterocycles. The van der Waals surface area contributed by atoms with Gasteiger partial charge in [0.25, 0.3) is 13.2 Å². The Labute approximate surface area is 218 Å². The molecule has 1 aromatic heterocycles. The molecule has 4 saturated heterocycles. The van der Waals surface area contributed by atoms with Crippen LogP contribution in [0, 0.1) is 0 Å². The normalized spacial score (nSPS) is 44.9. The Hall–Kier alpha value is -2.51. The first kappa shape index (κ1) is 28.0. The van der Waals surface area contributed by atoms with Gasteiger partial charge in [-0.2, -0.15) is 4.98 Å². The van der Waals surface area contributed by atoms with Crippen molar-refractivity contribution in [2.75, 3.05) is 18.9 Å². The van der Waals surface area contributed by atoms with E-state index in [2.05, 4.69) is 10.3 Å². The van der Waals surface area contributed by atoms with Gasteiger partial charge in [-0.1, -0.05) is 0 Å². The Balaban J connectivity index is 1.35. The predicted octanol–water partition coefficient (Wildman–Crippen LogP) is -4.97. The molecule has 11 atom stereocenters. The molecule has 216 valence electrons. The monoisotopic (exact) mass is 578 g/mol. The van der Waals surface area contributed by atoms with Crippen LogP contribution in [0.3, 0.4) is 0 Å². The number of nitrogens with zero attached hydrogens (tertiary/aromatic N) is 2. The lowest BCUT2D eigenvalue weighted by molar-refractivity contribution is -0.279. The highest BCUT2D eigenvalue weighted by atomic mass is 31.2. The van der Waals surface area contributed by atoms with Crippen molar-refractivity contribution in [3.63, 3.8) is 0 Å². The molecule has 0 aromatic carbocycles. The van der Waals surface area contributed by atoms with E-state index in [1.54, 1.807) is 0 Å². The van der Waals surface area contributed by atoms with E-state index in [-0.39, 0.29) is 5.82 Å². The van der Waals surface area contributed by atoms with Gasteiger partial charge in [-0.3, -0.25) is 18.5 Å². The van der Waals surface area contributed by atoms with E-state index < -0.39 is 104 Å². The Bertz CT molecular complexity index is 1310. The lowest BCUT2D eigenvalue weighted by atomic mass is 9.88. The van der Waals surface area contributed by atoms with Crippen molar-refractivity contribution in [3.8, 4) is 0 Å². The second-order valence-corrected chi connectivity index (χ2v) is 12.4. The number of carbonyl (C=O) groups excluding carboxylic acids is 2. The topological polar surface area (TPSA) is 282 Å². The number of aliphatic hydroxyl groups is 6. The van der Waals surface area contributed by atoms with Crippen LogP contribution in [-0.2, 0) is 32.9 Å². The number of aliphatic hydroxyl groups excluding tert-OH is 5. The molecule has 1 unspecified atom stereocenters. The summed E-state index contributed by atoms with van der Waals surface area (Å²) in [4.78, 5) is 40.5. The number of esters is 1. The zero-order valence-corrected chi connectivity index (χ0v) is 21.1. The average Bonchev–Trinajstić information content (AvgIpc) is 3.07. The molecule has 5 heterocycles. The minimum Gasteiger partial charge on any atom is -0.459 e. The van der Waals surface area contributed by atoms with Gasteiger partial charge in [-0.05, 0) is 6.07 Å². The van der Waals surface area contributed by atoms with Crippen LogP contribution in [0.15, 0.2) is 17.1 Å². The van der Waals surface area contributed by atoms with Gasteiger partial charge in [0, 0.05) is 19.5 Å². The maximum Gasteiger partial charge on any atom is 0.367 e. The van der Waals surface area contributed by atoms with Gasteiger partial charge in [0.05, 0.1) is 18.8 Å². The molecular weight excluding hydrogens is 551 g/mol. The molecule has 1 spiro atoms. The number of hydrogen-bond donors (Lipinski definition) is 8. The fourth-order valence-electron chi connectivity index (χ4n) is 5.53. The summed E-state index contributed by atoms with van der Waals surface area (Å²) in [5, 5.41) is 59.2. The summed E-state index contributed by atoms with van der Waals surface area (Å²) in [5.74, 6) is -4.75. The number of aromatic nitrogens is 2. The average molecular weight is 578 g/mol. The number of amides is 1. The minimum atomic E-state index is -4.62. The van der Waals surface area contributed by atoms with Crippen LogP contribution < -0.4 is 16.7 Å². The third-order valence-corrected chi connectivity index (χ3v) is 10.8. The van der Waals surface area contributed by atoms with Crippen LogP contribution in [-0.4, -0.2) is 118 Å². The molecule has 18 nitrogen and oxygen atoms in total. The highest BCUT2D eigenvalue weighted by molar-refractivity contribution is 7.71. The second-order valence-electron chi connectivity index (χ2n) is 9.76. The van der Waals surface area contributed by atoms with Crippen LogP contribution in [0.1, 0.15) is 19.6 Å².